The summed E-state index contributed by atoms with van der Waals surface area (Å²) in [5, 5.41) is 10.3. The number of aryl methyl sites for hydroxylation is 1. The maximum atomic E-state index is 16.1. The molecule has 1 saturated carbocycles. The molecule has 0 radical (unpaired) electrons. The molecular formula is C41H42F5N9O4. The van der Waals surface area contributed by atoms with E-state index in [0.717, 1.165) is 37.8 Å². The van der Waals surface area contributed by atoms with Gasteiger partial charge in [-0.05, 0) is 87.4 Å². The van der Waals surface area contributed by atoms with Gasteiger partial charge in [0.1, 0.15) is 17.4 Å². The molecular weight excluding hydrogens is 778 g/mol. The lowest BCUT2D eigenvalue weighted by atomic mass is 9.68. The summed E-state index contributed by atoms with van der Waals surface area (Å²) in [5.74, 6) is -4.11. The zero-order valence-corrected chi connectivity index (χ0v) is 32.1. The number of halogens is 5. The molecule has 2 N–H and O–H groups in total. The minimum Gasteiger partial charge on any atom is -0.368 e. The van der Waals surface area contributed by atoms with Gasteiger partial charge in [-0.1, -0.05) is 12.1 Å². The molecule has 2 aromatic carbocycles. The number of anilines is 2. The summed E-state index contributed by atoms with van der Waals surface area (Å²) < 4.78 is 76.4. The average molecular weight is 820 g/mol. The van der Waals surface area contributed by atoms with Gasteiger partial charge < -0.3 is 10.2 Å². The summed E-state index contributed by atoms with van der Waals surface area (Å²) in [6.45, 7) is 1.11. The summed E-state index contributed by atoms with van der Waals surface area (Å²) in [4.78, 5) is 58.6. The normalized spacial score (nSPS) is 23.4. The summed E-state index contributed by atoms with van der Waals surface area (Å²) >= 11 is 0. The van der Waals surface area contributed by atoms with Gasteiger partial charge in [-0.3, -0.25) is 38.4 Å². The van der Waals surface area contributed by atoms with Crippen molar-refractivity contribution in [2.45, 2.75) is 69.1 Å². The van der Waals surface area contributed by atoms with Gasteiger partial charge in [0.05, 0.1) is 46.5 Å². The van der Waals surface area contributed by atoms with Gasteiger partial charge in [0.25, 0.3) is 11.8 Å². The number of hydrogen-bond acceptors (Lipinski definition) is 8. The van der Waals surface area contributed by atoms with Crippen molar-refractivity contribution < 1.29 is 36.3 Å². The minimum absolute atomic E-state index is 0.0960. The van der Waals surface area contributed by atoms with Crippen LogP contribution in [0.25, 0.3) is 21.9 Å². The van der Waals surface area contributed by atoms with E-state index < -0.39 is 46.6 Å². The Morgan fingerprint density at radius 3 is 2.47 bits per heavy atom. The monoisotopic (exact) mass is 819 g/mol. The highest BCUT2D eigenvalue weighted by Crippen LogP contribution is 2.52. The zero-order valence-electron chi connectivity index (χ0n) is 32.1. The molecule has 1 atom stereocenters. The van der Waals surface area contributed by atoms with Gasteiger partial charge in [-0.15, -0.1) is 0 Å². The van der Waals surface area contributed by atoms with Crippen LogP contribution >= 0.6 is 0 Å². The first-order valence-electron chi connectivity index (χ1n) is 19.8. The van der Waals surface area contributed by atoms with Crippen LogP contribution in [0.4, 0.5) is 33.5 Å². The number of carbonyl (C=O) groups excluding carboxylic acids is 3. The standard InChI is InChI=1S/C41H42F5N9O4/c1-51-35-30(6-3-7-31(35)55(38(51)59)32-12-13-34(56)49-37(32)58)53-21-39(22-53)14-15-52(23-40(39,42)43)19-24-8-10-28(11-9-24)54-20-26-17-33(47-18-29(26)50-54)48-36(57)25-4-2-5-27(16-25)41(44,45)46/h2-7,16-18,20,24,28,32H,8-15,19,21-23H2,1H3,(H,48,57)(H,49,56,58). The molecule has 4 aliphatic rings. The van der Waals surface area contributed by atoms with E-state index in [0.29, 0.717) is 47.1 Å². The Kier molecular flexibility index (Phi) is 9.40. The topological polar surface area (TPSA) is 139 Å². The number of alkyl halides is 5. The Bertz CT molecular complexity index is 2550. The number of nitrogens with one attached hydrogen (secondary N) is 2. The Balaban J connectivity index is 0.796. The number of imidazole rings is 1. The first-order valence-corrected chi connectivity index (χ1v) is 19.8. The number of likely N-dealkylation sites (tertiary alicyclic amines) is 1. The molecule has 18 heteroatoms. The molecule has 9 rings (SSSR count). The van der Waals surface area contributed by atoms with E-state index in [1.54, 1.807) is 25.2 Å². The van der Waals surface area contributed by atoms with E-state index in [9.17, 15) is 32.3 Å². The van der Waals surface area contributed by atoms with Gasteiger partial charge in [0.15, 0.2) is 0 Å². The molecule has 1 unspecified atom stereocenters. The van der Waals surface area contributed by atoms with Crippen molar-refractivity contribution in [1.82, 2.24) is 34.1 Å². The van der Waals surface area contributed by atoms with Crippen LogP contribution < -0.4 is 21.2 Å². The number of amides is 3. The quantitative estimate of drug-likeness (QED) is 0.153. The largest absolute Gasteiger partial charge is 0.416 e. The molecule has 1 spiro atoms. The van der Waals surface area contributed by atoms with E-state index in [2.05, 4.69) is 20.7 Å². The smallest absolute Gasteiger partial charge is 0.368 e. The fourth-order valence-corrected chi connectivity index (χ4v) is 9.57. The number of imide groups is 1. The maximum Gasteiger partial charge on any atom is 0.416 e. The highest BCUT2D eigenvalue weighted by molar-refractivity contribution is 6.04. The Morgan fingerprint density at radius 1 is 0.983 bits per heavy atom. The molecule has 3 amide bonds. The molecule has 3 aromatic heterocycles. The lowest BCUT2D eigenvalue weighted by molar-refractivity contribution is -0.181. The SMILES string of the molecule is Cn1c(=O)n(C2CCC(=O)NC2=O)c2cccc(N3CC4(CCN(CC5CCC(n6cc7cc(NC(=O)c8cccc(C(F)(F)F)c8)ncc7n6)CC5)CC4(F)F)C3)c21. The maximum absolute atomic E-state index is 16.1. The van der Waals surface area contributed by atoms with E-state index in [-0.39, 0.29) is 61.7 Å². The second-order valence-electron chi connectivity index (χ2n) is 16.6. The molecule has 13 nitrogen and oxygen atoms in total. The number of benzene rings is 2. The minimum atomic E-state index is -4.57. The van der Waals surface area contributed by atoms with Crippen molar-refractivity contribution in [2.75, 3.05) is 42.9 Å². The third kappa shape index (κ3) is 6.93. The van der Waals surface area contributed by atoms with Crippen molar-refractivity contribution in [2.24, 2.45) is 18.4 Å². The zero-order chi connectivity index (χ0) is 41.4. The van der Waals surface area contributed by atoms with Crippen molar-refractivity contribution in [3.63, 3.8) is 0 Å². The van der Waals surface area contributed by atoms with E-state index >= 15 is 8.78 Å². The number of pyridine rings is 1. The Labute approximate surface area is 334 Å². The fraction of sp³-hybridized carbons (Fsp3) is 0.463. The van der Waals surface area contributed by atoms with Crippen LogP contribution in [0.2, 0.25) is 0 Å². The number of hydrogen-bond donors (Lipinski definition) is 2. The van der Waals surface area contributed by atoms with Crippen LogP contribution in [0.1, 0.15) is 73.0 Å². The summed E-state index contributed by atoms with van der Waals surface area (Å²) in [5.41, 5.74) is -0.291. The average Bonchev–Trinajstić information content (AvgIpc) is 3.71. The second-order valence-corrected chi connectivity index (χ2v) is 16.6. The number of piperidine rings is 2. The first kappa shape index (κ1) is 38.8. The highest BCUT2D eigenvalue weighted by atomic mass is 19.4. The van der Waals surface area contributed by atoms with Gasteiger partial charge in [-0.25, -0.2) is 18.6 Å². The number of aromatic nitrogens is 5. The molecule has 5 aromatic rings. The van der Waals surface area contributed by atoms with Crippen LogP contribution in [0.5, 0.6) is 0 Å². The Hall–Kier alpha value is -5.65. The van der Waals surface area contributed by atoms with Crippen molar-refractivity contribution >= 4 is 51.2 Å². The molecule has 6 heterocycles. The molecule has 3 saturated heterocycles. The summed E-state index contributed by atoms with van der Waals surface area (Å²) in [6, 6.07) is 10.4. The third-order valence-corrected chi connectivity index (χ3v) is 12.8. The van der Waals surface area contributed by atoms with E-state index in [1.807, 2.05) is 26.7 Å². The van der Waals surface area contributed by atoms with Gasteiger partial charge in [-0.2, -0.15) is 18.3 Å². The molecule has 310 valence electrons. The van der Waals surface area contributed by atoms with Crippen molar-refractivity contribution in [3.8, 4) is 0 Å². The fourth-order valence-electron chi connectivity index (χ4n) is 9.57. The highest BCUT2D eigenvalue weighted by Gasteiger charge is 2.62. The van der Waals surface area contributed by atoms with Crippen molar-refractivity contribution in [1.29, 1.82) is 0 Å². The lowest BCUT2D eigenvalue weighted by Gasteiger charge is -2.58. The van der Waals surface area contributed by atoms with Crippen LogP contribution in [0.3, 0.4) is 0 Å². The predicted molar refractivity (Wildman–Crippen MR) is 207 cm³/mol. The van der Waals surface area contributed by atoms with Crippen LogP contribution in [-0.2, 0) is 22.8 Å². The lowest BCUT2D eigenvalue weighted by Crippen LogP contribution is -2.70. The summed E-state index contributed by atoms with van der Waals surface area (Å²) in [7, 11) is 1.61. The van der Waals surface area contributed by atoms with Gasteiger partial charge in [0, 0.05) is 50.2 Å². The number of rotatable bonds is 7. The first-order chi connectivity index (χ1) is 28.1. The predicted octanol–water partition coefficient (Wildman–Crippen LogP) is 5.91. The van der Waals surface area contributed by atoms with Crippen LogP contribution in [-0.4, -0.2) is 85.2 Å². The third-order valence-electron chi connectivity index (χ3n) is 12.8. The van der Waals surface area contributed by atoms with Crippen molar-refractivity contribution in [3.05, 3.63) is 82.5 Å². The van der Waals surface area contributed by atoms with E-state index in [4.69, 9.17) is 0 Å². The molecule has 0 bridgehead atoms. The molecule has 4 fully saturated rings. The molecule has 59 heavy (non-hydrogen) atoms. The summed E-state index contributed by atoms with van der Waals surface area (Å²) in [6.07, 6.45) is 2.78. The van der Waals surface area contributed by atoms with Crippen LogP contribution in [0.15, 0.2) is 65.7 Å². The van der Waals surface area contributed by atoms with Gasteiger partial charge in [0.2, 0.25) is 11.8 Å². The van der Waals surface area contributed by atoms with Crippen LogP contribution in [0, 0.1) is 11.3 Å². The number of fused-ring (bicyclic) bond motifs is 2. The van der Waals surface area contributed by atoms with E-state index in [1.165, 1.54) is 27.5 Å². The van der Waals surface area contributed by atoms with Gasteiger partial charge >= 0.3 is 11.9 Å². The Morgan fingerprint density at radius 2 is 1.75 bits per heavy atom. The molecule has 1 aliphatic carbocycles. The number of nitrogens with zero attached hydrogens (tertiary/aromatic N) is 7. The number of carbonyl (C=O) groups is 3. The molecule has 3 aliphatic heterocycles. The second kappa shape index (κ2) is 14.3. The number of para-hydroxylation sites is 1.